The Morgan fingerprint density at radius 2 is 2.07 bits per heavy atom. The van der Waals surface area contributed by atoms with Crippen LogP contribution in [-0.2, 0) is 0 Å². The van der Waals surface area contributed by atoms with Gasteiger partial charge in [-0.2, -0.15) is 0 Å². The van der Waals surface area contributed by atoms with Crippen LogP contribution in [0.3, 0.4) is 0 Å². The predicted octanol–water partition coefficient (Wildman–Crippen LogP) is 2.20. The number of aromatic nitrogens is 1. The lowest BCUT2D eigenvalue weighted by Gasteiger charge is -2.01. The van der Waals surface area contributed by atoms with E-state index in [1.54, 1.807) is 12.1 Å². The first-order chi connectivity index (χ1) is 7.25. The van der Waals surface area contributed by atoms with Crippen LogP contribution in [-0.4, -0.2) is 11.0 Å². The minimum Gasteiger partial charge on any atom is -0.451 e. The van der Waals surface area contributed by atoms with E-state index < -0.39 is 5.97 Å². The number of hydrogen-bond acceptors (Lipinski definition) is 4. The van der Waals surface area contributed by atoms with Crippen molar-refractivity contribution in [2.24, 2.45) is 0 Å². The molecule has 0 saturated carbocycles. The lowest BCUT2D eigenvalue weighted by molar-refractivity contribution is 0.0728. The van der Waals surface area contributed by atoms with Gasteiger partial charge in [0.05, 0.1) is 0 Å². The lowest BCUT2D eigenvalue weighted by atomic mass is 10.2. The van der Waals surface area contributed by atoms with Gasteiger partial charge in [-0.15, -0.1) is 0 Å². The Kier molecular flexibility index (Phi) is 2.49. The van der Waals surface area contributed by atoms with Gasteiger partial charge in [0.2, 0.25) is 0 Å². The quantitative estimate of drug-likeness (QED) is 0.554. The van der Waals surface area contributed by atoms with Gasteiger partial charge >= 0.3 is 5.97 Å². The molecule has 1 heterocycles. The lowest BCUT2D eigenvalue weighted by Crippen LogP contribution is -2.08. The van der Waals surface area contributed by atoms with Crippen LogP contribution >= 0.6 is 0 Å². The highest BCUT2D eigenvalue weighted by molar-refractivity contribution is 5.88. The molecule has 0 spiro atoms. The Morgan fingerprint density at radius 1 is 1.33 bits per heavy atom. The van der Waals surface area contributed by atoms with Crippen molar-refractivity contribution in [3.05, 3.63) is 48.2 Å². The van der Waals surface area contributed by atoms with Crippen LogP contribution in [0.5, 0.6) is 5.75 Å². The second-order valence-electron chi connectivity index (χ2n) is 3.08. The summed E-state index contributed by atoms with van der Waals surface area (Å²) in [5.41, 5.74) is 1.27. The molecule has 0 bridgehead atoms. The van der Waals surface area contributed by atoms with Crippen molar-refractivity contribution >= 4 is 5.97 Å². The van der Waals surface area contributed by atoms with Crippen molar-refractivity contribution in [3.8, 4) is 5.75 Å². The van der Waals surface area contributed by atoms with Crippen molar-refractivity contribution in [3.63, 3.8) is 0 Å². The summed E-state index contributed by atoms with van der Waals surface area (Å²) in [4.78, 5) is 15.1. The van der Waals surface area contributed by atoms with Crippen molar-refractivity contribution in [2.75, 3.05) is 0 Å². The third kappa shape index (κ3) is 2.22. The van der Waals surface area contributed by atoms with E-state index in [1.165, 1.54) is 12.7 Å². The van der Waals surface area contributed by atoms with Gasteiger partial charge in [-0.05, 0) is 19.1 Å². The molecule has 0 unspecified atom stereocenters. The van der Waals surface area contributed by atoms with Gasteiger partial charge in [0.1, 0.15) is 12.0 Å². The summed E-state index contributed by atoms with van der Waals surface area (Å²) in [7, 11) is 0. The van der Waals surface area contributed by atoms with E-state index >= 15 is 0 Å². The molecule has 1 aromatic heterocycles. The average Bonchev–Trinajstić information content (AvgIpc) is 2.74. The zero-order valence-corrected chi connectivity index (χ0v) is 8.14. The molecule has 4 nitrogen and oxygen atoms in total. The van der Waals surface area contributed by atoms with Crippen LogP contribution in [0, 0.1) is 6.92 Å². The molecule has 0 radical (unpaired) electrons. The SMILES string of the molecule is Cc1ccc(OC(=O)c2cocn2)cc1. The van der Waals surface area contributed by atoms with Crippen molar-refractivity contribution in [1.29, 1.82) is 0 Å². The fraction of sp³-hybridized carbons (Fsp3) is 0.0909. The monoisotopic (exact) mass is 203 g/mol. The van der Waals surface area contributed by atoms with Crippen molar-refractivity contribution in [2.45, 2.75) is 6.92 Å². The largest absolute Gasteiger partial charge is 0.451 e. The summed E-state index contributed by atoms with van der Waals surface area (Å²) in [6, 6.07) is 7.19. The third-order valence-corrected chi connectivity index (χ3v) is 1.87. The number of esters is 1. The second-order valence-corrected chi connectivity index (χ2v) is 3.08. The molecule has 0 aliphatic heterocycles. The molecular formula is C11H9NO3. The predicted molar refractivity (Wildman–Crippen MR) is 52.6 cm³/mol. The molecule has 0 N–H and O–H groups in total. The van der Waals surface area contributed by atoms with E-state index in [0.29, 0.717) is 5.75 Å². The molecule has 0 aliphatic rings. The Hall–Kier alpha value is -2.10. The van der Waals surface area contributed by atoms with E-state index in [2.05, 4.69) is 9.40 Å². The topological polar surface area (TPSA) is 52.3 Å². The van der Waals surface area contributed by atoms with Gasteiger partial charge < -0.3 is 9.15 Å². The molecule has 0 fully saturated rings. The number of carbonyl (C=O) groups excluding carboxylic acids is 1. The summed E-state index contributed by atoms with van der Waals surface area (Å²) in [6.07, 6.45) is 2.43. The number of rotatable bonds is 2. The minimum atomic E-state index is -0.521. The fourth-order valence-corrected chi connectivity index (χ4v) is 1.08. The Labute approximate surface area is 86.5 Å². The van der Waals surface area contributed by atoms with Crippen molar-refractivity contribution in [1.82, 2.24) is 4.98 Å². The molecule has 2 rings (SSSR count). The molecule has 0 atom stereocenters. The van der Waals surface area contributed by atoms with E-state index in [4.69, 9.17) is 4.74 Å². The van der Waals surface area contributed by atoms with Gasteiger partial charge in [-0.3, -0.25) is 0 Å². The van der Waals surface area contributed by atoms with Crippen LogP contribution in [0.4, 0.5) is 0 Å². The number of nitrogens with zero attached hydrogens (tertiary/aromatic N) is 1. The molecule has 1 aromatic carbocycles. The summed E-state index contributed by atoms with van der Waals surface area (Å²) in [5.74, 6) is -0.0267. The van der Waals surface area contributed by atoms with E-state index in [1.807, 2.05) is 19.1 Å². The molecule has 0 aliphatic carbocycles. The Morgan fingerprint density at radius 3 is 2.67 bits per heavy atom. The van der Waals surface area contributed by atoms with Gasteiger partial charge in [-0.1, -0.05) is 17.7 Å². The molecule has 15 heavy (non-hydrogen) atoms. The second kappa shape index (κ2) is 3.96. The molecule has 76 valence electrons. The smallest absolute Gasteiger partial charge is 0.365 e. The van der Waals surface area contributed by atoms with Gasteiger partial charge in [0.15, 0.2) is 12.1 Å². The molecule has 0 amide bonds. The summed E-state index contributed by atoms with van der Waals surface area (Å²) in [5, 5.41) is 0. The summed E-state index contributed by atoms with van der Waals surface area (Å²) < 4.78 is 9.73. The van der Waals surface area contributed by atoms with E-state index in [-0.39, 0.29) is 5.69 Å². The zero-order valence-electron chi connectivity index (χ0n) is 8.14. The highest BCUT2D eigenvalue weighted by atomic mass is 16.5. The minimum absolute atomic E-state index is 0.163. The van der Waals surface area contributed by atoms with Crippen LogP contribution in [0.2, 0.25) is 0 Å². The first-order valence-corrected chi connectivity index (χ1v) is 4.43. The zero-order chi connectivity index (χ0) is 10.7. The standard InChI is InChI=1S/C11H9NO3/c1-8-2-4-9(5-3-8)15-11(13)10-6-14-7-12-10/h2-7H,1H3. The maximum absolute atomic E-state index is 11.4. The van der Waals surface area contributed by atoms with Gasteiger partial charge in [-0.25, -0.2) is 9.78 Å². The number of oxazole rings is 1. The summed E-state index contributed by atoms with van der Waals surface area (Å²) in [6.45, 7) is 1.96. The maximum atomic E-state index is 11.4. The van der Waals surface area contributed by atoms with Crippen LogP contribution in [0.25, 0.3) is 0 Å². The van der Waals surface area contributed by atoms with E-state index in [0.717, 1.165) is 5.56 Å². The number of ether oxygens (including phenoxy) is 1. The first-order valence-electron chi connectivity index (χ1n) is 4.43. The van der Waals surface area contributed by atoms with Gasteiger partial charge in [0, 0.05) is 0 Å². The number of benzene rings is 1. The molecule has 2 aromatic rings. The summed E-state index contributed by atoms with van der Waals surface area (Å²) >= 11 is 0. The molecular weight excluding hydrogens is 194 g/mol. The number of aryl methyl sites for hydroxylation is 1. The third-order valence-electron chi connectivity index (χ3n) is 1.87. The maximum Gasteiger partial charge on any atom is 0.365 e. The highest BCUT2D eigenvalue weighted by Crippen LogP contribution is 2.13. The molecule has 4 heteroatoms. The Bertz CT molecular complexity index is 445. The number of hydrogen-bond donors (Lipinski definition) is 0. The molecule has 0 saturated heterocycles. The first kappa shape index (κ1) is 9.45. The van der Waals surface area contributed by atoms with E-state index in [9.17, 15) is 4.79 Å². The van der Waals surface area contributed by atoms with Crippen LogP contribution in [0.15, 0.2) is 41.3 Å². The normalized spacial score (nSPS) is 9.93. The number of carbonyl (C=O) groups is 1. The van der Waals surface area contributed by atoms with Crippen molar-refractivity contribution < 1.29 is 13.9 Å². The average molecular weight is 203 g/mol. The van der Waals surface area contributed by atoms with Crippen LogP contribution in [0.1, 0.15) is 16.1 Å². The fourth-order valence-electron chi connectivity index (χ4n) is 1.08. The van der Waals surface area contributed by atoms with Gasteiger partial charge in [0.25, 0.3) is 0 Å². The van der Waals surface area contributed by atoms with Crippen LogP contribution < -0.4 is 4.74 Å². The Balaban J connectivity index is 2.09. The highest BCUT2D eigenvalue weighted by Gasteiger charge is 2.10.